The van der Waals surface area contributed by atoms with Gasteiger partial charge in [0.2, 0.25) is 0 Å². The molecule has 14 heavy (non-hydrogen) atoms. The smallest absolute Gasteiger partial charge is 0.356 e. The molecule has 0 aromatic carbocycles. The van der Waals surface area contributed by atoms with Crippen molar-refractivity contribution in [2.75, 3.05) is 13.6 Å². The minimum absolute atomic E-state index is 0.0800. The summed E-state index contributed by atoms with van der Waals surface area (Å²) < 4.78 is 1.58. The Balaban J connectivity index is 2.46. The Morgan fingerprint density at radius 2 is 2.29 bits per heavy atom. The summed E-state index contributed by atoms with van der Waals surface area (Å²) in [7, 11) is 1.67. The number of carbonyl (C=O) groups is 2. The molecule has 0 fully saturated rings. The Morgan fingerprint density at radius 3 is 2.93 bits per heavy atom. The van der Waals surface area contributed by atoms with Gasteiger partial charge in [0.25, 0.3) is 5.91 Å². The maximum atomic E-state index is 11.5. The van der Waals surface area contributed by atoms with Gasteiger partial charge in [-0.15, -0.1) is 0 Å². The summed E-state index contributed by atoms with van der Waals surface area (Å²) in [5.41, 5.74) is -0.0800. The zero-order valence-corrected chi connectivity index (χ0v) is 7.60. The van der Waals surface area contributed by atoms with Gasteiger partial charge < -0.3 is 14.6 Å². The van der Waals surface area contributed by atoms with Crippen LogP contribution < -0.4 is 0 Å². The van der Waals surface area contributed by atoms with E-state index in [0.717, 1.165) is 0 Å². The summed E-state index contributed by atoms with van der Waals surface area (Å²) in [5.74, 6) is -1.14. The second-order valence-corrected chi connectivity index (χ2v) is 3.18. The predicted molar refractivity (Wildman–Crippen MR) is 46.1 cm³/mol. The molecule has 0 atom stereocenters. The first-order valence-corrected chi connectivity index (χ1v) is 4.15. The summed E-state index contributed by atoms with van der Waals surface area (Å²) >= 11 is 0. The maximum Gasteiger partial charge on any atom is 0.356 e. The van der Waals surface area contributed by atoms with Gasteiger partial charge in [-0.1, -0.05) is 0 Å². The second kappa shape index (κ2) is 2.83. The molecular formula is C8H9N3O3. The van der Waals surface area contributed by atoms with E-state index in [1.54, 1.807) is 11.6 Å². The van der Waals surface area contributed by atoms with E-state index < -0.39 is 5.97 Å². The molecule has 0 saturated carbocycles. The molecule has 2 rings (SSSR count). The largest absolute Gasteiger partial charge is 0.476 e. The molecule has 1 N–H and O–H groups in total. The van der Waals surface area contributed by atoms with E-state index in [1.807, 2.05) is 0 Å². The zero-order valence-electron chi connectivity index (χ0n) is 7.60. The lowest BCUT2D eigenvalue weighted by Crippen LogP contribution is -2.37. The van der Waals surface area contributed by atoms with Crippen LogP contribution in [-0.4, -0.2) is 45.0 Å². The Bertz CT molecular complexity index is 410. The van der Waals surface area contributed by atoms with Crippen molar-refractivity contribution >= 4 is 11.9 Å². The number of amides is 1. The third kappa shape index (κ3) is 1.15. The van der Waals surface area contributed by atoms with Gasteiger partial charge in [0.15, 0.2) is 11.5 Å². The highest BCUT2D eigenvalue weighted by Crippen LogP contribution is 2.11. The molecular weight excluding hydrogens is 186 g/mol. The Labute approximate surface area is 79.8 Å². The summed E-state index contributed by atoms with van der Waals surface area (Å²) in [4.78, 5) is 27.4. The first-order valence-electron chi connectivity index (χ1n) is 4.15. The Hall–Kier alpha value is -1.85. The minimum atomic E-state index is -1.11. The Kier molecular flexibility index (Phi) is 1.77. The van der Waals surface area contributed by atoms with E-state index >= 15 is 0 Å². The van der Waals surface area contributed by atoms with Crippen LogP contribution >= 0.6 is 0 Å². The van der Waals surface area contributed by atoms with Crippen molar-refractivity contribution in [1.82, 2.24) is 14.5 Å². The summed E-state index contributed by atoms with van der Waals surface area (Å²) in [6.07, 6.45) is 1.39. The average molecular weight is 195 g/mol. The summed E-state index contributed by atoms with van der Waals surface area (Å²) in [5, 5.41) is 8.69. The lowest BCUT2D eigenvalue weighted by atomic mass is 10.4. The number of rotatable bonds is 1. The van der Waals surface area contributed by atoms with Crippen molar-refractivity contribution in [1.29, 1.82) is 0 Å². The van der Waals surface area contributed by atoms with E-state index in [2.05, 4.69) is 4.98 Å². The highest BCUT2D eigenvalue weighted by molar-refractivity contribution is 5.93. The molecule has 1 aliphatic heterocycles. The number of fused-ring (bicyclic) bond motifs is 1. The molecule has 74 valence electrons. The highest BCUT2D eigenvalue weighted by Gasteiger charge is 2.25. The fourth-order valence-corrected chi connectivity index (χ4v) is 1.39. The quantitative estimate of drug-likeness (QED) is 0.665. The molecule has 2 heterocycles. The molecule has 1 aromatic rings. The fraction of sp³-hybridized carbons (Fsp3) is 0.375. The lowest BCUT2D eigenvalue weighted by Gasteiger charge is -2.22. The summed E-state index contributed by atoms with van der Waals surface area (Å²) in [6, 6.07) is 0. The van der Waals surface area contributed by atoms with Crippen LogP contribution in [0.25, 0.3) is 0 Å². The first-order chi connectivity index (χ1) is 6.59. The number of aromatic carboxylic acids is 1. The number of hydrogen-bond acceptors (Lipinski definition) is 3. The van der Waals surface area contributed by atoms with Gasteiger partial charge in [-0.05, 0) is 0 Å². The van der Waals surface area contributed by atoms with Crippen LogP contribution in [0, 0.1) is 0 Å². The van der Waals surface area contributed by atoms with E-state index in [4.69, 9.17) is 5.11 Å². The lowest BCUT2D eigenvalue weighted by molar-refractivity contribution is 0.0691. The average Bonchev–Trinajstić information content (AvgIpc) is 2.56. The molecule has 0 unspecified atom stereocenters. The number of carboxylic acids is 1. The molecule has 0 radical (unpaired) electrons. The van der Waals surface area contributed by atoms with Gasteiger partial charge in [-0.3, -0.25) is 4.79 Å². The number of nitrogens with zero attached hydrogens (tertiary/aromatic N) is 3. The van der Waals surface area contributed by atoms with Crippen LogP contribution in [0.5, 0.6) is 0 Å². The fourth-order valence-electron chi connectivity index (χ4n) is 1.39. The van der Waals surface area contributed by atoms with Gasteiger partial charge in [-0.2, -0.15) is 0 Å². The predicted octanol–water partition coefficient (Wildman–Crippen LogP) is -0.333. The topological polar surface area (TPSA) is 75.4 Å². The van der Waals surface area contributed by atoms with Crippen molar-refractivity contribution in [2.45, 2.75) is 6.54 Å². The molecule has 0 bridgehead atoms. The van der Waals surface area contributed by atoms with Crippen molar-refractivity contribution in [3.8, 4) is 0 Å². The molecule has 1 aliphatic rings. The number of carboxylic acid groups (broad SMARTS) is 1. The molecule has 0 aliphatic carbocycles. The summed E-state index contributed by atoms with van der Waals surface area (Å²) in [6.45, 7) is 1.18. The third-order valence-corrected chi connectivity index (χ3v) is 2.21. The van der Waals surface area contributed by atoms with Crippen LogP contribution in [0.15, 0.2) is 6.20 Å². The van der Waals surface area contributed by atoms with Crippen LogP contribution in [0.2, 0.25) is 0 Å². The number of imidazole rings is 1. The van der Waals surface area contributed by atoms with Gasteiger partial charge in [0.1, 0.15) is 0 Å². The van der Waals surface area contributed by atoms with Gasteiger partial charge in [0, 0.05) is 26.3 Å². The van der Waals surface area contributed by atoms with E-state index in [9.17, 15) is 9.59 Å². The molecule has 6 heteroatoms. The van der Waals surface area contributed by atoms with Crippen LogP contribution in [0.1, 0.15) is 21.1 Å². The number of hydrogen-bond donors (Lipinski definition) is 1. The van der Waals surface area contributed by atoms with Crippen molar-refractivity contribution in [2.24, 2.45) is 0 Å². The van der Waals surface area contributed by atoms with E-state index in [1.165, 1.54) is 11.1 Å². The van der Waals surface area contributed by atoms with Crippen LogP contribution in [0.3, 0.4) is 0 Å². The SMILES string of the molecule is CN1CCn2cc(C(=O)O)nc2C1=O. The Morgan fingerprint density at radius 1 is 1.57 bits per heavy atom. The zero-order chi connectivity index (χ0) is 10.3. The van der Waals surface area contributed by atoms with Crippen LogP contribution in [0.4, 0.5) is 0 Å². The normalized spacial score (nSPS) is 15.5. The van der Waals surface area contributed by atoms with Crippen LogP contribution in [-0.2, 0) is 6.54 Å². The number of carbonyl (C=O) groups excluding carboxylic acids is 1. The van der Waals surface area contributed by atoms with Gasteiger partial charge in [0.05, 0.1) is 0 Å². The van der Waals surface area contributed by atoms with Gasteiger partial charge in [-0.25, -0.2) is 9.78 Å². The van der Waals surface area contributed by atoms with Crippen molar-refractivity contribution < 1.29 is 14.7 Å². The minimum Gasteiger partial charge on any atom is -0.476 e. The number of likely N-dealkylation sites (N-methyl/N-ethyl adjacent to an activating group) is 1. The highest BCUT2D eigenvalue weighted by atomic mass is 16.4. The maximum absolute atomic E-state index is 11.5. The van der Waals surface area contributed by atoms with E-state index in [-0.39, 0.29) is 17.4 Å². The molecule has 1 aromatic heterocycles. The molecule has 6 nitrogen and oxygen atoms in total. The standard InChI is InChI=1S/C8H9N3O3/c1-10-2-3-11-4-5(8(13)14)9-6(11)7(10)12/h4H,2-3H2,1H3,(H,13,14). The first kappa shape index (κ1) is 8.74. The monoisotopic (exact) mass is 195 g/mol. The van der Waals surface area contributed by atoms with Crippen molar-refractivity contribution in [3.05, 3.63) is 17.7 Å². The molecule has 1 amide bonds. The van der Waals surface area contributed by atoms with Gasteiger partial charge >= 0.3 is 5.97 Å². The van der Waals surface area contributed by atoms with E-state index in [0.29, 0.717) is 13.1 Å². The molecule has 0 saturated heterocycles. The second-order valence-electron chi connectivity index (χ2n) is 3.18. The third-order valence-electron chi connectivity index (χ3n) is 2.21. The molecule has 0 spiro atoms. The number of aromatic nitrogens is 2. The van der Waals surface area contributed by atoms with Crippen molar-refractivity contribution in [3.63, 3.8) is 0 Å².